The molecule has 15 nitrogen and oxygen atoms in total. The summed E-state index contributed by atoms with van der Waals surface area (Å²) in [6, 6.07) is 0. The van der Waals surface area contributed by atoms with Crippen molar-refractivity contribution in [2.24, 2.45) is 11.8 Å². The van der Waals surface area contributed by atoms with E-state index in [0.29, 0.717) is 30.5 Å². The van der Waals surface area contributed by atoms with Crippen molar-refractivity contribution in [3.05, 3.63) is 43.8 Å². The maximum Gasteiger partial charge on any atom is 0.314 e. The van der Waals surface area contributed by atoms with Crippen LogP contribution in [0.2, 0.25) is 0 Å². The van der Waals surface area contributed by atoms with Crippen molar-refractivity contribution in [2.45, 2.75) is 50.9 Å². The van der Waals surface area contributed by atoms with Gasteiger partial charge in [0.1, 0.15) is 18.8 Å². The summed E-state index contributed by atoms with van der Waals surface area (Å²) in [5.74, 6) is 2.46. The number of aldehydes is 2. The van der Waals surface area contributed by atoms with Crippen LogP contribution in [0.5, 0.6) is 0 Å². The SMILES string of the molecule is O=CCCC=O.O=[N+]([O-])/C=C1\NCCN1CC1CCOC1.O=[N+]([O-])C1=C2N(CC3CCOC3)CCN2[C@@H]2CC[C@H]1O2. The Bertz CT molecular complexity index is 988. The van der Waals surface area contributed by atoms with Gasteiger partial charge >= 0.3 is 5.70 Å². The summed E-state index contributed by atoms with van der Waals surface area (Å²) in [5, 5.41) is 24.8. The fraction of sp³-hybridized carbons (Fsp3) is 0.769. The van der Waals surface area contributed by atoms with Gasteiger partial charge in [-0.25, -0.2) is 0 Å². The Labute approximate surface area is 238 Å². The number of fused-ring (bicyclic) bond motifs is 4. The van der Waals surface area contributed by atoms with E-state index in [1.165, 1.54) is 0 Å². The maximum atomic E-state index is 11.5. The fourth-order valence-electron chi connectivity index (χ4n) is 5.96. The van der Waals surface area contributed by atoms with Gasteiger partial charge in [-0.05, 0) is 25.7 Å². The molecule has 2 bridgehead atoms. The number of unbranched alkanes of at least 4 members (excludes halogenated alkanes) is 1. The molecule has 0 aromatic rings. The Morgan fingerprint density at radius 3 is 2.10 bits per heavy atom. The molecule has 15 heteroatoms. The summed E-state index contributed by atoms with van der Waals surface area (Å²) in [4.78, 5) is 46.3. The molecule has 228 valence electrons. The summed E-state index contributed by atoms with van der Waals surface area (Å²) in [6.45, 7) is 8.23. The number of nitrogens with one attached hydrogen (secondary N) is 1. The molecule has 6 heterocycles. The van der Waals surface area contributed by atoms with Gasteiger partial charge in [0.2, 0.25) is 0 Å². The average Bonchev–Trinajstić information content (AvgIpc) is 3.78. The number of nitrogens with zero attached hydrogens (tertiary/aromatic N) is 5. The Kier molecular flexibility index (Phi) is 11.3. The van der Waals surface area contributed by atoms with Crippen molar-refractivity contribution in [1.82, 2.24) is 20.0 Å². The number of ether oxygens (including phenoxy) is 3. The lowest BCUT2D eigenvalue weighted by molar-refractivity contribution is -0.443. The summed E-state index contributed by atoms with van der Waals surface area (Å²) < 4.78 is 16.5. The van der Waals surface area contributed by atoms with Crippen LogP contribution in [0.15, 0.2) is 23.5 Å². The average molecular weight is 581 g/mol. The van der Waals surface area contributed by atoms with E-state index < -0.39 is 4.92 Å². The Balaban J connectivity index is 0.000000163. The number of hydrogen-bond donors (Lipinski definition) is 1. The lowest BCUT2D eigenvalue weighted by atomic mass is 10.1. The number of carbonyl (C=O) groups is 2. The van der Waals surface area contributed by atoms with Crippen LogP contribution in [0.25, 0.3) is 0 Å². The van der Waals surface area contributed by atoms with Crippen molar-refractivity contribution in [1.29, 1.82) is 0 Å². The molecule has 6 aliphatic rings. The highest BCUT2D eigenvalue weighted by atomic mass is 16.6. The van der Waals surface area contributed by atoms with E-state index in [1.54, 1.807) is 0 Å². The number of rotatable bonds is 9. The highest BCUT2D eigenvalue weighted by Crippen LogP contribution is 2.41. The molecule has 5 saturated heterocycles. The predicted molar refractivity (Wildman–Crippen MR) is 144 cm³/mol. The fourth-order valence-corrected chi connectivity index (χ4v) is 5.96. The molecule has 6 aliphatic heterocycles. The van der Waals surface area contributed by atoms with Crippen molar-refractivity contribution in [3.8, 4) is 0 Å². The van der Waals surface area contributed by atoms with E-state index in [0.717, 1.165) is 116 Å². The highest BCUT2D eigenvalue weighted by molar-refractivity contribution is 5.58. The number of nitro groups is 2. The highest BCUT2D eigenvalue weighted by Gasteiger charge is 2.50. The molecule has 4 atom stereocenters. The second-order valence-electron chi connectivity index (χ2n) is 10.8. The molecule has 2 unspecified atom stereocenters. The maximum absolute atomic E-state index is 11.5. The lowest BCUT2D eigenvalue weighted by Crippen LogP contribution is -2.42. The molecular weight excluding hydrogens is 540 g/mol. The Hall–Kier alpha value is -3.30. The van der Waals surface area contributed by atoms with Gasteiger partial charge < -0.3 is 43.8 Å². The Morgan fingerprint density at radius 1 is 0.878 bits per heavy atom. The van der Waals surface area contributed by atoms with Crippen molar-refractivity contribution in [3.63, 3.8) is 0 Å². The van der Waals surface area contributed by atoms with Crippen LogP contribution in [0.4, 0.5) is 0 Å². The first-order chi connectivity index (χ1) is 19.9. The minimum absolute atomic E-state index is 0.0449. The third kappa shape index (κ3) is 8.14. The summed E-state index contributed by atoms with van der Waals surface area (Å²) >= 11 is 0. The summed E-state index contributed by atoms with van der Waals surface area (Å²) in [5.41, 5.74) is 0.273. The second-order valence-corrected chi connectivity index (χ2v) is 10.8. The minimum atomic E-state index is -0.411. The van der Waals surface area contributed by atoms with Gasteiger partial charge in [-0.1, -0.05) is 0 Å². The smallest absolute Gasteiger partial charge is 0.314 e. The van der Waals surface area contributed by atoms with Gasteiger partial charge in [-0.2, -0.15) is 0 Å². The Morgan fingerprint density at radius 2 is 1.54 bits per heavy atom. The van der Waals surface area contributed by atoms with Crippen LogP contribution < -0.4 is 5.32 Å². The monoisotopic (exact) mass is 580 g/mol. The van der Waals surface area contributed by atoms with Crippen LogP contribution >= 0.6 is 0 Å². The van der Waals surface area contributed by atoms with E-state index in [4.69, 9.17) is 14.2 Å². The normalized spacial score (nSPS) is 29.0. The van der Waals surface area contributed by atoms with Crippen molar-refractivity contribution in [2.75, 3.05) is 65.7 Å². The molecular formula is C26H40N6O9. The molecule has 0 spiro atoms. The topological polar surface area (TPSA) is 170 Å². The van der Waals surface area contributed by atoms with Gasteiger partial charge in [-0.3, -0.25) is 20.2 Å². The molecule has 5 fully saturated rings. The molecule has 41 heavy (non-hydrogen) atoms. The van der Waals surface area contributed by atoms with Crippen LogP contribution in [-0.2, 0) is 23.8 Å². The van der Waals surface area contributed by atoms with E-state index in [1.807, 2.05) is 4.90 Å². The third-order valence-corrected chi connectivity index (χ3v) is 7.92. The molecule has 0 aliphatic carbocycles. The van der Waals surface area contributed by atoms with Gasteiger partial charge in [0, 0.05) is 77.2 Å². The molecule has 1 N–H and O–H groups in total. The van der Waals surface area contributed by atoms with Crippen molar-refractivity contribution < 1.29 is 33.6 Å². The number of carbonyl (C=O) groups excluding carboxylic acids is 2. The van der Waals surface area contributed by atoms with E-state index in [9.17, 15) is 29.8 Å². The number of hydrogen-bond acceptors (Lipinski definition) is 13. The molecule has 0 amide bonds. The van der Waals surface area contributed by atoms with Crippen LogP contribution in [0, 0.1) is 32.1 Å². The molecule has 0 radical (unpaired) electrons. The molecule has 0 aromatic carbocycles. The van der Waals surface area contributed by atoms with E-state index in [-0.39, 0.29) is 23.0 Å². The van der Waals surface area contributed by atoms with E-state index in [2.05, 4.69) is 15.1 Å². The molecule has 0 saturated carbocycles. The van der Waals surface area contributed by atoms with Gasteiger partial charge in [0.25, 0.3) is 6.20 Å². The standard InChI is InChI=1S/C13H19N3O4.C9H15N3O3.C4H6O2/c17-16(18)12-10-1-2-11(20-10)15-5-4-14(13(12)15)7-9-3-6-19-8-9;13-12(14)6-9-10-2-3-11(9)5-8-1-4-15-7-8;5-3-1-2-4-6/h9-11H,1-8H2;6,8,10H,1-5,7H2;3-4H,1-2H2/b;9-6+;/t9?,10-,11+;;/m1../s1. The van der Waals surface area contributed by atoms with Gasteiger partial charge in [0.15, 0.2) is 17.7 Å². The summed E-state index contributed by atoms with van der Waals surface area (Å²) in [7, 11) is 0. The van der Waals surface area contributed by atoms with Gasteiger partial charge in [0.05, 0.1) is 23.1 Å². The van der Waals surface area contributed by atoms with Crippen LogP contribution in [0.1, 0.15) is 38.5 Å². The summed E-state index contributed by atoms with van der Waals surface area (Å²) in [6.07, 6.45) is 6.74. The molecule has 0 aromatic heterocycles. The van der Waals surface area contributed by atoms with E-state index >= 15 is 0 Å². The van der Waals surface area contributed by atoms with Gasteiger partial charge in [-0.15, -0.1) is 0 Å². The van der Waals surface area contributed by atoms with Crippen LogP contribution in [0.3, 0.4) is 0 Å². The van der Waals surface area contributed by atoms with Crippen molar-refractivity contribution >= 4 is 12.6 Å². The first-order valence-corrected chi connectivity index (χ1v) is 14.3. The largest absolute Gasteiger partial charge is 0.381 e. The first kappa shape index (κ1) is 30.7. The van der Waals surface area contributed by atoms with Crippen LogP contribution in [-0.4, -0.2) is 115 Å². The second kappa shape index (κ2) is 15.1. The molecule has 6 rings (SSSR count). The third-order valence-electron chi connectivity index (χ3n) is 7.92. The zero-order valence-electron chi connectivity index (χ0n) is 23.3. The zero-order chi connectivity index (χ0) is 29.2. The minimum Gasteiger partial charge on any atom is -0.381 e. The first-order valence-electron chi connectivity index (χ1n) is 14.3. The zero-order valence-corrected chi connectivity index (χ0v) is 23.3. The quantitative estimate of drug-likeness (QED) is 0.176. The predicted octanol–water partition coefficient (Wildman–Crippen LogP) is 0.773. The lowest BCUT2D eigenvalue weighted by Gasteiger charge is -2.33.